The molecule has 0 N–H and O–H groups in total. The Labute approximate surface area is 200 Å². The number of rotatable bonds is 7. The van der Waals surface area contributed by atoms with Crippen LogP contribution in [0.3, 0.4) is 0 Å². The Morgan fingerprint density at radius 3 is 1.60 bits per heavy atom. The van der Waals surface area contributed by atoms with E-state index in [0.717, 1.165) is 4.90 Å². The summed E-state index contributed by atoms with van der Waals surface area (Å²) in [6, 6.07) is 20.4. The van der Waals surface area contributed by atoms with E-state index in [1.807, 2.05) is 0 Å². The zero-order chi connectivity index (χ0) is 24.9. The summed E-state index contributed by atoms with van der Waals surface area (Å²) in [7, 11) is 2.80. The maximum Gasteiger partial charge on any atom is 0.339 e. The van der Waals surface area contributed by atoms with Crippen LogP contribution in [0, 0.1) is 0 Å². The molecule has 9 heteroatoms. The summed E-state index contributed by atoms with van der Waals surface area (Å²) in [5, 5.41) is 0. The Morgan fingerprint density at radius 2 is 1.17 bits per heavy atom. The maximum atomic E-state index is 13.4. The van der Waals surface area contributed by atoms with Gasteiger partial charge in [-0.2, -0.15) is 0 Å². The van der Waals surface area contributed by atoms with Crippen LogP contribution in [0.5, 0.6) is 11.5 Å². The van der Waals surface area contributed by atoms with E-state index in [2.05, 4.69) is 0 Å². The molecule has 0 radical (unpaired) electrons. The fourth-order valence-corrected chi connectivity index (χ4v) is 3.57. The smallest absolute Gasteiger partial charge is 0.339 e. The van der Waals surface area contributed by atoms with Crippen molar-refractivity contribution < 1.29 is 38.1 Å². The summed E-state index contributed by atoms with van der Waals surface area (Å²) in [5.41, 5.74) is 0.387. The second kappa shape index (κ2) is 10.1. The molecule has 35 heavy (non-hydrogen) atoms. The molecule has 1 aliphatic heterocycles. The van der Waals surface area contributed by atoms with E-state index < -0.39 is 36.0 Å². The van der Waals surface area contributed by atoms with Gasteiger partial charge in [0.2, 0.25) is 12.2 Å². The number of anilines is 1. The zero-order valence-corrected chi connectivity index (χ0v) is 18.9. The normalized spacial score (nSPS) is 17.1. The standard InChI is InChI=1S/C26H21NO8/c1-32-18-13-14-20(33-2)19(15-18)27-23(28)21(34-25(30)16-9-5-3-6-10-16)22(24(27)29)35-26(31)17-11-7-4-8-12-17/h3-15,21-22H,1-2H3/t21-,22-/m0/s1. The Hall–Kier alpha value is -4.66. The number of benzene rings is 3. The van der Waals surface area contributed by atoms with Gasteiger partial charge in [0.05, 0.1) is 31.0 Å². The zero-order valence-electron chi connectivity index (χ0n) is 18.9. The lowest BCUT2D eigenvalue weighted by Gasteiger charge is -2.18. The second-order valence-corrected chi connectivity index (χ2v) is 7.43. The third-order valence-electron chi connectivity index (χ3n) is 5.32. The van der Waals surface area contributed by atoms with Gasteiger partial charge < -0.3 is 18.9 Å². The van der Waals surface area contributed by atoms with Gasteiger partial charge in [-0.25, -0.2) is 14.5 Å². The van der Waals surface area contributed by atoms with Gasteiger partial charge in [-0.05, 0) is 36.4 Å². The number of methoxy groups -OCH3 is 2. The van der Waals surface area contributed by atoms with E-state index in [1.54, 1.807) is 42.5 Å². The number of hydrogen-bond acceptors (Lipinski definition) is 8. The third-order valence-corrected chi connectivity index (χ3v) is 5.32. The minimum atomic E-state index is -1.71. The highest BCUT2D eigenvalue weighted by atomic mass is 16.6. The lowest BCUT2D eigenvalue weighted by molar-refractivity contribution is -0.130. The van der Waals surface area contributed by atoms with Crippen LogP contribution in [0.15, 0.2) is 78.9 Å². The number of ether oxygens (including phenoxy) is 4. The molecule has 0 spiro atoms. The van der Waals surface area contributed by atoms with Crippen molar-refractivity contribution in [3.63, 3.8) is 0 Å². The molecule has 1 aliphatic rings. The molecule has 9 nitrogen and oxygen atoms in total. The van der Waals surface area contributed by atoms with Gasteiger partial charge in [0, 0.05) is 6.07 Å². The van der Waals surface area contributed by atoms with Crippen molar-refractivity contribution in [2.45, 2.75) is 12.2 Å². The number of nitrogens with zero attached hydrogens (tertiary/aromatic N) is 1. The first-order valence-electron chi connectivity index (χ1n) is 10.6. The van der Waals surface area contributed by atoms with Gasteiger partial charge in [0.15, 0.2) is 0 Å². The minimum Gasteiger partial charge on any atom is -0.497 e. The van der Waals surface area contributed by atoms with Crippen LogP contribution in [-0.4, -0.2) is 50.2 Å². The van der Waals surface area contributed by atoms with Crippen LogP contribution in [0.1, 0.15) is 20.7 Å². The van der Waals surface area contributed by atoms with Crippen molar-refractivity contribution in [2.75, 3.05) is 19.1 Å². The lowest BCUT2D eigenvalue weighted by Crippen LogP contribution is -2.37. The van der Waals surface area contributed by atoms with Crippen molar-refractivity contribution in [3.8, 4) is 11.5 Å². The Morgan fingerprint density at radius 1 is 0.686 bits per heavy atom. The first-order chi connectivity index (χ1) is 16.9. The Balaban J connectivity index is 1.71. The summed E-state index contributed by atoms with van der Waals surface area (Å²) in [5.74, 6) is -2.94. The van der Waals surface area contributed by atoms with Crippen LogP contribution < -0.4 is 14.4 Å². The highest BCUT2D eigenvalue weighted by molar-refractivity contribution is 6.26. The average molecular weight is 475 g/mol. The van der Waals surface area contributed by atoms with Crippen LogP contribution in [0.4, 0.5) is 5.69 Å². The number of imide groups is 1. The fraction of sp³-hybridized carbons (Fsp3) is 0.154. The second-order valence-electron chi connectivity index (χ2n) is 7.43. The lowest BCUT2D eigenvalue weighted by atomic mass is 10.2. The molecule has 0 aliphatic carbocycles. The van der Waals surface area contributed by atoms with E-state index in [-0.39, 0.29) is 22.6 Å². The minimum absolute atomic E-state index is 0.0564. The van der Waals surface area contributed by atoms with Crippen molar-refractivity contribution in [3.05, 3.63) is 90.0 Å². The fourth-order valence-electron chi connectivity index (χ4n) is 3.57. The summed E-state index contributed by atoms with van der Waals surface area (Å²) in [6.45, 7) is 0. The molecule has 1 heterocycles. The summed E-state index contributed by atoms with van der Waals surface area (Å²) in [4.78, 5) is 53.1. The van der Waals surface area contributed by atoms with Crippen LogP contribution in [-0.2, 0) is 19.1 Å². The summed E-state index contributed by atoms with van der Waals surface area (Å²) >= 11 is 0. The average Bonchev–Trinajstić information content (AvgIpc) is 3.12. The van der Waals surface area contributed by atoms with E-state index >= 15 is 0 Å². The van der Waals surface area contributed by atoms with Crippen LogP contribution in [0.2, 0.25) is 0 Å². The molecule has 0 bridgehead atoms. The molecule has 0 aromatic heterocycles. The van der Waals surface area contributed by atoms with Gasteiger partial charge in [-0.3, -0.25) is 9.59 Å². The molecule has 1 fully saturated rings. The molecule has 178 valence electrons. The highest BCUT2D eigenvalue weighted by Gasteiger charge is 2.54. The Bertz CT molecular complexity index is 1190. The molecule has 0 saturated carbocycles. The molecule has 2 amide bonds. The summed E-state index contributed by atoms with van der Waals surface area (Å²) in [6.07, 6.45) is -3.42. The monoisotopic (exact) mass is 475 g/mol. The predicted molar refractivity (Wildman–Crippen MR) is 123 cm³/mol. The molecular weight excluding hydrogens is 454 g/mol. The SMILES string of the molecule is COc1ccc(OC)c(N2C(=O)[C@@H](OC(=O)c3ccccc3)[C@H](OC(=O)c3ccccc3)C2=O)c1. The maximum absolute atomic E-state index is 13.4. The quantitative estimate of drug-likeness (QED) is 0.379. The third kappa shape index (κ3) is 4.70. The number of amides is 2. The number of carbonyl (C=O) groups excluding carboxylic acids is 4. The van der Waals surface area contributed by atoms with Crippen LogP contribution in [0.25, 0.3) is 0 Å². The first-order valence-corrected chi connectivity index (χ1v) is 10.6. The van der Waals surface area contributed by atoms with Gasteiger partial charge >= 0.3 is 11.9 Å². The number of hydrogen-bond donors (Lipinski definition) is 0. The summed E-state index contributed by atoms with van der Waals surface area (Å²) < 4.78 is 21.3. The largest absolute Gasteiger partial charge is 0.497 e. The number of esters is 2. The van der Waals surface area contributed by atoms with Crippen molar-refractivity contribution in [1.29, 1.82) is 0 Å². The highest BCUT2D eigenvalue weighted by Crippen LogP contribution is 2.37. The molecule has 1 saturated heterocycles. The van der Waals surface area contributed by atoms with Crippen molar-refractivity contribution >= 4 is 29.4 Å². The van der Waals surface area contributed by atoms with Gasteiger partial charge in [0.1, 0.15) is 11.5 Å². The van der Waals surface area contributed by atoms with Gasteiger partial charge in [0.25, 0.3) is 11.8 Å². The molecular formula is C26H21NO8. The first kappa shape index (κ1) is 23.5. The van der Waals surface area contributed by atoms with E-state index in [1.165, 1.54) is 50.6 Å². The molecule has 4 rings (SSSR count). The molecule has 3 aromatic carbocycles. The number of carbonyl (C=O) groups is 4. The van der Waals surface area contributed by atoms with Crippen molar-refractivity contribution in [1.82, 2.24) is 0 Å². The van der Waals surface area contributed by atoms with Crippen molar-refractivity contribution in [2.24, 2.45) is 0 Å². The Kier molecular flexibility index (Phi) is 6.77. The van der Waals surface area contributed by atoms with E-state index in [4.69, 9.17) is 18.9 Å². The van der Waals surface area contributed by atoms with E-state index in [0.29, 0.717) is 5.75 Å². The molecule has 0 unspecified atom stereocenters. The molecule has 2 atom stereocenters. The van der Waals surface area contributed by atoms with Crippen LogP contribution >= 0.6 is 0 Å². The predicted octanol–water partition coefficient (Wildman–Crippen LogP) is 3.03. The van der Waals surface area contributed by atoms with E-state index in [9.17, 15) is 19.2 Å². The van der Waals surface area contributed by atoms with Gasteiger partial charge in [-0.1, -0.05) is 36.4 Å². The topological polar surface area (TPSA) is 108 Å². The molecule has 3 aromatic rings. The van der Waals surface area contributed by atoms with Gasteiger partial charge in [-0.15, -0.1) is 0 Å².